The van der Waals surface area contributed by atoms with E-state index < -0.39 is 55.6 Å². The molecule has 2 rings (SSSR count). The summed E-state index contributed by atoms with van der Waals surface area (Å²) >= 11 is 0. The van der Waals surface area contributed by atoms with Gasteiger partial charge in [-0.25, -0.2) is 0 Å². The molecule has 156 valence electrons. The van der Waals surface area contributed by atoms with Gasteiger partial charge in [0, 0.05) is 0 Å². The van der Waals surface area contributed by atoms with Crippen LogP contribution >= 0.6 is 0 Å². The minimum atomic E-state index is -1.49. The lowest BCUT2D eigenvalue weighted by Crippen LogP contribution is -2.59. The first-order chi connectivity index (χ1) is 12.5. The predicted molar refractivity (Wildman–Crippen MR) is 96.6 cm³/mol. The fourth-order valence-electron chi connectivity index (χ4n) is 3.75. The molecule has 8 heteroatoms. The molecule has 6 N–H and O–H groups in total. The third-order valence-corrected chi connectivity index (χ3v) is 5.41. The Labute approximate surface area is 159 Å². The highest BCUT2D eigenvalue weighted by Gasteiger charge is 2.44. The minimum absolute atomic E-state index is 0.331. The van der Waals surface area contributed by atoms with E-state index in [1.165, 1.54) is 0 Å². The lowest BCUT2D eigenvalue weighted by atomic mass is 9.70. The number of rotatable bonds is 5. The monoisotopic (exact) mass is 388 g/mol. The van der Waals surface area contributed by atoms with Crippen molar-refractivity contribution >= 4 is 0 Å². The maximum Gasteiger partial charge on any atom is 0.187 e. The van der Waals surface area contributed by atoms with Gasteiger partial charge < -0.3 is 40.1 Å². The van der Waals surface area contributed by atoms with Crippen molar-refractivity contribution in [2.24, 2.45) is 5.41 Å². The van der Waals surface area contributed by atoms with Crippen LogP contribution in [-0.2, 0) is 9.47 Å². The molecule has 0 radical (unpaired) electrons. The Morgan fingerprint density at radius 2 is 1.78 bits per heavy atom. The summed E-state index contributed by atoms with van der Waals surface area (Å²) in [6.45, 7) is 6.94. The van der Waals surface area contributed by atoms with Gasteiger partial charge in [0.25, 0.3) is 0 Å². The van der Waals surface area contributed by atoms with E-state index >= 15 is 0 Å². The Morgan fingerprint density at radius 1 is 1.15 bits per heavy atom. The Balaban J connectivity index is 2.09. The molecule has 0 aromatic rings. The van der Waals surface area contributed by atoms with E-state index in [9.17, 15) is 30.6 Å². The second kappa shape index (κ2) is 8.67. The first-order valence-corrected chi connectivity index (χ1v) is 9.21. The zero-order valence-corrected chi connectivity index (χ0v) is 16.2. The van der Waals surface area contributed by atoms with Crippen LogP contribution in [0.2, 0.25) is 0 Å². The fraction of sp³-hybridized carbons (Fsp3) is 0.789. The second-order valence-electron chi connectivity index (χ2n) is 8.09. The normalized spacial score (nSPS) is 41.2. The van der Waals surface area contributed by atoms with Crippen molar-refractivity contribution in [3.05, 3.63) is 23.3 Å². The highest BCUT2D eigenvalue weighted by Crippen LogP contribution is 2.41. The van der Waals surface area contributed by atoms with Crippen LogP contribution in [0.1, 0.15) is 34.1 Å². The summed E-state index contributed by atoms with van der Waals surface area (Å²) in [5.41, 5.74) is 1.25. The molecule has 1 saturated heterocycles. The van der Waals surface area contributed by atoms with Gasteiger partial charge in [0.2, 0.25) is 0 Å². The molecule has 1 aliphatic heterocycles. The summed E-state index contributed by atoms with van der Waals surface area (Å²) in [4.78, 5) is 0. The SMILES string of the molecule is CC1=C(C=C[C@@H](C)O[C@@H]2O[C@H](CO)[C@@H](O)[C@H](O)[C@H]2O)C(C)(C)C[C@H](O)[C@@H]1O. The fourth-order valence-corrected chi connectivity index (χ4v) is 3.75. The van der Waals surface area contributed by atoms with Crippen molar-refractivity contribution in [1.82, 2.24) is 0 Å². The molecule has 0 aromatic heterocycles. The van der Waals surface area contributed by atoms with Crippen molar-refractivity contribution < 1.29 is 40.1 Å². The van der Waals surface area contributed by atoms with Crippen LogP contribution in [0, 0.1) is 5.41 Å². The summed E-state index contributed by atoms with van der Waals surface area (Å²) in [7, 11) is 0. The second-order valence-corrected chi connectivity index (χ2v) is 8.09. The Kier molecular flexibility index (Phi) is 7.21. The summed E-state index contributed by atoms with van der Waals surface area (Å²) in [6.07, 6.45) is -4.88. The molecule has 0 saturated carbocycles. The standard InChI is InChI=1S/C19H32O8/c1-9(26-18-17(25)16(24)15(23)13(8-20)27-18)5-6-11-10(2)14(22)12(21)7-19(11,3)4/h5-6,9,12-18,20-25H,7-8H2,1-4H3/t9-,12+,13-,14-,15-,16+,17-,18-/m1/s1. The van der Waals surface area contributed by atoms with Crippen molar-refractivity contribution in [3.8, 4) is 0 Å². The Morgan fingerprint density at radius 3 is 2.37 bits per heavy atom. The van der Waals surface area contributed by atoms with E-state index in [4.69, 9.17) is 9.47 Å². The molecule has 0 aromatic carbocycles. The van der Waals surface area contributed by atoms with Crippen LogP contribution in [0.3, 0.4) is 0 Å². The number of aliphatic hydroxyl groups excluding tert-OH is 6. The predicted octanol–water partition coefficient (Wildman–Crippen LogP) is -0.784. The largest absolute Gasteiger partial charge is 0.394 e. The van der Waals surface area contributed by atoms with Crippen LogP contribution in [0.25, 0.3) is 0 Å². The van der Waals surface area contributed by atoms with Gasteiger partial charge in [0.15, 0.2) is 6.29 Å². The van der Waals surface area contributed by atoms with Gasteiger partial charge in [-0.1, -0.05) is 26.0 Å². The third-order valence-electron chi connectivity index (χ3n) is 5.41. The average molecular weight is 388 g/mol. The molecule has 0 bridgehead atoms. The highest BCUT2D eigenvalue weighted by molar-refractivity contribution is 5.36. The maximum absolute atomic E-state index is 10.1. The van der Waals surface area contributed by atoms with E-state index in [0.717, 1.165) is 5.57 Å². The minimum Gasteiger partial charge on any atom is -0.394 e. The van der Waals surface area contributed by atoms with Crippen LogP contribution in [0.4, 0.5) is 0 Å². The molecule has 1 heterocycles. The first-order valence-electron chi connectivity index (χ1n) is 9.21. The molecule has 27 heavy (non-hydrogen) atoms. The number of hydrogen-bond donors (Lipinski definition) is 6. The van der Waals surface area contributed by atoms with Gasteiger partial charge in [-0.05, 0) is 36.8 Å². The molecular formula is C19H32O8. The average Bonchev–Trinajstić information content (AvgIpc) is 2.59. The van der Waals surface area contributed by atoms with Crippen LogP contribution < -0.4 is 0 Å². The van der Waals surface area contributed by atoms with E-state index in [-0.39, 0.29) is 5.41 Å². The van der Waals surface area contributed by atoms with Crippen LogP contribution in [0.5, 0.6) is 0 Å². The zero-order chi connectivity index (χ0) is 20.5. The molecule has 8 nitrogen and oxygen atoms in total. The zero-order valence-electron chi connectivity index (χ0n) is 16.2. The van der Waals surface area contributed by atoms with E-state index in [2.05, 4.69) is 0 Å². The lowest BCUT2D eigenvalue weighted by Gasteiger charge is -2.40. The molecule has 1 fully saturated rings. The van der Waals surface area contributed by atoms with Gasteiger partial charge in [0.1, 0.15) is 30.5 Å². The summed E-state index contributed by atoms with van der Waals surface area (Å²) in [5.74, 6) is 0. The van der Waals surface area contributed by atoms with E-state index in [1.54, 1.807) is 19.9 Å². The topological polar surface area (TPSA) is 140 Å². The molecule has 8 atom stereocenters. The number of hydrogen-bond acceptors (Lipinski definition) is 8. The molecule has 2 aliphatic rings. The van der Waals surface area contributed by atoms with Gasteiger partial charge in [-0.3, -0.25) is 0 Å². The van der Waals surface area contributed by atoms with Crippen molar-refractivity contribution in [3.63, 3.8) is 0 Å². The lowest BCUT2D eigenvalue weighted by molar-refractivity contribution is -0.306. The number of allylic oxidation sites excluding steroid dienone is 2. The quantitative estimate of drug-likeness (QED) is 0.360. The van der Waals surface area contributed by atoms with Crippen molar-refractivity contribution in [2.45, 2.75) is 83.1 Å². The third kappa shape index (κ3) is 4.78. The van der Waals surface area contributed by atoms with Crippen molar-refractivity contribution in [1.29, 1.82) is 0 Å². The highest BCUT2D eigenvalue weighted by atomic mass is 16.7. The van der Waals surface area contributed by atoms with Gasteiger partial charge in [-0.15, -0.1) is 0 Å². The smallest absolute Gasteiger partial charge is 0.187 e. The first kappa shape index (κ1) is 22.4. The van der Waals surface area contributed by atoms with Crippen LogP contribution in [0.15, 0.2) is 23.3 Å². The van der Waals surface area contributed by atoms with E-state index in [1.807, 2.05) is 19.9 Å². The summed E-state index contributed by atoms with van der Waals surface area (Å²) < 4.78 is 11.0. The van der Waals surface area contributed by atoms with Gasteiger partial charge in [0.05, 0.1) is 18.8 Å². The van der Waals surface area contributed by atoms with E-state index in [0.29, 0.717) is 12.0 Å². The van der Waals surface area contributed by atoms with Crippen LogP contribution in [-0.4, -0.2) is 86.3 Å². The number of aliphatic hydroxyl groups is 6. The number of ether oxygens (including phenoxy) is 2. The summed E-state index contributed by atoms with van der Waals surface area (Å²) in [5, 5.41) is 59.0. The van der Waals surface area contributed by atoms with Gasteiger partial charge >= 0.3 is 0 Å². The molecule has 1 aliphatic carbocycles. The maximum atomic E-state index is 10.1. The van der Waals surface area contributed by atoms with Gasteiger partial charge in [-0.2, -0.15) is 0 Å². The van der Waals surface area contributed by atoms with Crippen molar-refractivity contribution in [2.75, 3.05) is 6.61 Å². The Bertz CT molecular complexity index is 570. The molecular weight excluding hydrogens is 356 g/mol. The Hall–Kier alpha value is -0.840. The molecule has 0 unspecified atom stereocenters. The molecule has 0 spiro atoms. The molecule has 0 amide bonds. The summed E-state index contributed by atoms with van der Waals surface area (Å²) in [6, 6.07) is 0.